The van der Waals surface area contributed by atoms with Crippen LogP contribution in [0, 0.1) is 17.2 Å². The molecule has 0 radical (unpaired) electrons. The van der Waals surface area contributed by atoms with Crippen LogP contribution in [-0.2, 0) is 11.2 Å². The van der Waals surface area contributed by atoms with Crippen molar-refractivity contribution in [2.75, 3.05) is 14.1 Å². The molecule has 4 rings (SSSR count). The van der Waals surface area contributed by atoms with Gasteiger partial charge in [-0.2, -0.15) is 5.26 Å². The number of amides is 1. The number of aryl methyl sites for hydroxylation is 1. The highest BCUT2D eigenvalue weighted by Crippen LogP contribution is 2.48. The number of rotatable bonds is 6. The maximum absolute atomic E-state index is 11.6. The summed E-state index contributed by atoms with van der Waals surface area (Å²) < 4.78 is 6.39. The number of ether oxygens (including phenoxy) is 1. The number of nitrogens with zero attached hydrogens (tertiary/aromatic N) is 4. The normalized spacial score (nSPS) is 25.0. The zero-order valence-corrected chi connectivity index (χ0v) is 17.7. The smallest absolute Gasteiger partial charge is 0.234 e. The van der Waals surface area contributed by atoms with E-state index >= 15 is 0 Å². The Hall–Kier alpha value is -2.24. The molecule has 0 saturated heterocycles. The molecule has 29 heavy (non-hydrogen) atoms. The molecule has 2 heterocycles. The van der Waals surface area contributed by atoms with Crippen LogP contribution in [0.1, 0.15) is 54.9 Å². The van der Waals surface area contributed by atoms with E-state index in [0.717, 1.165) is 48.7 Å². The number of hydrogen-bond acceptors (Lipinski definition) is 7. The van der Waals surface area contributed by atoms with Gasteiger partial charge in [0.1, 0.15) is 23.2 Å². The first-order chi connectivity index (χ1) is 14.0. The van der Waals surface area contributed by atoms with Gasteiger partial charge in [0.2, 0.25) is 11.8 Å². The molecule has 2 aromatic rings. The fourth-order valence-corrected chi connectivity index (χ4v) is 5.95. The monoisotopic (exact) mass is 413 g/mol. The third kappa shape index (κ3) is 3.94. The summed E-state index contributed by atoms with van der Waals surface area (Å²) in [6, 6.07) is 2.67. The Labute approximate surface area is 174 Å². The maximum atomic E-state index is 11.6. The number of thiophene rings is 1. The predicted molar refractivity (Wildman–Crippen MR) is 112 cm³/mol. The number of carbonyl (C=O) groups excluding carboxylic acids is 1. The SMILES string of the molecule is CN(C)C1CCC(Oc2ncnc3sc4c(c23)C(CC(C#N)C(N)=O)CC4)CC1. The van der Waals surface area contributed by atoms with Crippen molar-refractivity contribution in [1.29, 1.82) is 5.26 Å². The number of nitrogens with two attached hydrogens (primary N) is 1. The van der Waals surface area contributed by atoms with Crippen LogP contribution in [0.2, 0.25) is 0 Å². The lowest BCUT2D eigenvalue weighted by molar-refractivity contribution is -0.120. The molecule has 2 atom stereocenters. The number of carbonyl (C=O) groups is 1. The molecule has 0 bridgehead atoms. The number of aromatic nitrogens is 2. The lowest BCUT2D eigenvalue weighted by atomic mass is 9.90. The highest BCUT2D eigenvalue weighted by Gasteiger charge is 2.34. The van der Waals surface area contributed by atoms with Crippen LogP contribution < -0.4 is 10.5 Å². The van der Waals surface area contributed by atoms with E-state index < -0.39 is 11.8 Å². The van der Waals surface area contributed by atoms with Crippen molar-refractivity contribution in [2.45, 2.75) is 63.0 Å². The van der Waals surface area contributed by atoms with Gasteiger partial charge >= 0.3 is 0 Å². The van der Waals surface area contributed by atoms with E-state index in [1.807, 2.05) is 0 Å². The summed E-state index contributed by atoms with van der Waals surface area (Å²) in [7, 11) is 4.27. The Morgan fingerprint density at radius 1 is 1.34 bits per heavy atom. The van der Waals surface area contributed by atoms with Crippen LogP contribution in [0.15, 0.2) is 6.33 Å². The molecular formula is C21H27N5O2S. The molecule has 1 fully saturated rings. The zero-order valence-electron chi connectivity index (χ0n) is 16.9. The summed E-state index contributed by atoms with van der Waals surface area (Å²) in [5.74, 6) is -0.545. The molecule has 0 aromatic carbocycles. The van der Waals surface area contributed by atoms with Gasteiger partial charge in [-0.1, -0.05) is 0 Å². The Morgan fingerprint density at radius 3 is 2.76 bits per heavy atom. The standard InChI is InChI=1S/C21H27N5O2S/c1-26(2)14-4-6-15(7-5-14)28-20-18-17-12(9-13(10-22)19(23)27)3-8-16(17)29-21(18)25-11-24-20/h11-15H,3-9H2,1-2H3,(H2,23,27). The molecule has 0 aliphatic heterocycles. The first-order valence-corrected chi connectivity index (χ1v) is 11.1. The highest BCUT2D eigenvalue weighted by molar-refractivity contribution is 7.19. The van der Waals surface area contributed by atoms with Crippen LogP contribution in [0.4, 0.5) is 0 Å². The molecule has 7 nitrogen and oxygen atoms in total. The number of primary amides is 1. The summed E-state index contributed by atoms with van der Waals surface area (Å²) in [6.07, 6.45) is 8.33. The van der Waals surface area contributed by atoms with Crippen molar-refractivity contribution < 1.29 is 9.53 Å². The number of hydrogen-bond donors (Lipinski definition) is 1. The van der Waals surface area contributed by atoms with E-state index in [4.69, 9.17) is 10.5 Å². The molecule has 8 heteroatoms. The average molecular weight is 414 g/mol. The van der Waals surface area contributed by atoms with Crippen molar-refractivity contribution in [3.05, 3.63) is 16.8 Å². The van der Waals surface area contributed by atoms with E-state index in [0.29, 0.717) is 18.3 Å². The van der Waals surface area contributed by atoms with E-state index in [2.05, 4.69) is 35.0 Å². The Balaban J connectivity index is 1.59. The molecule has 1 saturated carbocycles. The van der Waals surface area contributed by atoms with Gasteiger partial charge in [0.05, 0.1) is 11.5 Å². The minimum Gasteiger partial charge on any atom is -0.474 e. The van der Waals surface area contributed by atoms with Crippen molar-refractivity contribution >= 4 is 27.5 Å². The first-order valence-electron chi connectivity index (χ1n) is 10.3. The lowest BCUT2D eigenvalue weighted by Gasteiger charge is -2.32. The topological polar surface area (TPSA) is 105 Å². The van der Waals surface area contributed by atoms with Gasteiger partial charge in [-0.3, -0.25) is 4.79 Å². The van der Waals surface area contributed by atoms with Crippen LogP contribution in [0.3, 0.4) is 0 Å². The molecule has 0 spiro atoms. The average Bonchev–Trinajstić information content (AvgIpc) is 3.26. The highest BCUT2D eigenvalue weighted by atomic mass is 32.1. The largest absolute Gasteiger partial charge is 0.474 e. The minimum atomic E-state index is -0.767. The van der Waals surface area contributed by atoms with Gasteiger partial charge in [-0.25, -0.2) is 9.97 Å². The number of nitriles is 1. The quantitative estimate of drug-likeness (QED) is 0.780. The van der Waals surface area contributed by atoms with Gasteiger partial charge in [-0.05, 0) is 70.5 Å². The maximum Gasteiger partial charge on any atom is 0.234 e. The van der Waals surface area contributed by atoms with Crippen LogP contribution in [0.5, 0.6) is 5.88 Å². The van der Waals surface area contributed by atoms with Crippen LogP contribution in [-0.4, -0.2) is 47.0 Å². The van der Waals surface area contributed by atoms with Crippen LogP contribution >= 0.6 is 11.3 Å². The second-order valence-electron chi connectivity index (χ2n) is 8.37. The fourth-order valence-electron chi connectivity index (χ4n) is 4.72. The van der Waals surface area contributed by atoms with E-state index in [9.17, 15) is 10.1 Å². The van der Waals surface area contributed by atoms with Gasteiger partial charge in [0.25, 0.3) is 0 Å². The predicted octanol–water partition coefficient (Wildman–Crippen LogP) is 2.99. The van der Waals surface area contributed by atoms with Crippen LogP contribution in [0.25, 0.3) is 10.2 Å². The molecule has 154 valence electrons. The second kappa shape index (κ2) is 8.25. The zero-order chi connectivity index (χ0) is 20.5. The minimum absolute atomic E-state index is 0.119. The fraction of sp³-hybridized carbons (Fsp3) is 0.619. The lowest BCUT2D eigenvalue weighted by Crippen LogP contribution is -2.35. The van der Waals surface area contributed by atoms with Crippen molar-refractivity contribution in [3.63, 3.8) is 0 Å². The van der Waals surface area contributed by atoms with E-state index in [1.165, 1.54) is 10.4 Å². The summed E-state index contributed by atoms with van der Waals surface area (Å²) in [6.45, 7) is 0. The molecule has 2 aliphatic carbocycles. The Morgan fingerprint density at radius 2 is 2.10 bits per heavy atom. The molecular weight excluding hydrogens is 386 g/mol. The third-order valence-electron chi connectivity index (χ3n) is 6.37. The molecule has 2 aromatic heterocycles. The third-order valence-corrected chi connectivity index (χ3v) is 7.54. The van der Waals surface area contributed by atoms with Gasteiger partial charge in [0, 0.05) is 10.9 Å². The van der Waals surface area contributed by atoms with Gasteiger partial charge in [0.15, 0.2) is 0 Å². The first kappa shape index (κ1) is 20.0. The molecule has 2 unspecified atom stereocenters. The second-order valence-corrected chi connectivity index (χ2v) is 9.45. The summed E-state index contributed by atoms with van der Waals surface area (Å²) in [5.41, 5.74) is 6.58. The Bertz CT molecular complexity index is 942. The van der Waals surface area contributed by atoms with Gasteiger partial charge < -0.3 is 15.4 Å². The van der Waals surface area contributed by atoms with Crippen molar-refractivity contribution in [3.8, 4) is 11.9 Å². The van der Waals surface area contributed by atoms with E-state index in [1.54, 1.807) is 17.7 Å². The summed E-state index contributed by atoms with van der Waals surface area (Å²) in [5, 5.41) is 10.3. The van der Waals surface area contributed by atoms with Gasteiger partial charge in [-0.15, -0.1) is 11.3 Å². The molecule has 1 amide bonds. The molecule has 2 N–H and O–H groups in total. The number of fused-ring (bicyclic) bond motifs is 3. The molecule has 2 aliphatic rings. The van der Waals surface area contributed by atoms with Crippen molar-refractivity contribution in [2.24, 2.45) is 11.7 Å². The Kier molecular flexibility index (Phi) is 5.70. The summed E-state index contributed by atoms with van der Waals surface area (Å²) >= 11 is 1.68. The summed E-state index contributed by atoms with van der Waals surface area (Å²) in [4.78, 5) is 25.0. The van der Waals surface area contributed by atoms with E-state index in [-0.39, 0.29) is 12.0 Å². The van der Waals surface area contributed by atoms with Crippen molar-refractivity contribution in [1.82, 2.24) is 14.9 Å².